The van der Waals surface area contributed by atoms with Crippen LogP contribution in [0.15, 0.2) is 30.3 Å². The molecular formula is C15H22N2O2. The van der Waals surface area contributed by atoms with Gasteiger partial charge in [0.25, 0.3) is 0 Å². The molecule has 0 aromatic heterocycles. The van der Waals surface area contributed by atoms with Crippen LogP contribution in [0.3, 0.4) is 0 Å². The molecule has 1 aliphatic rings. The fourth-order valence-electron chi connectivity index (χ4n) is 2.39. The van der Waals surface area contributed by atoms with Crippen LogP contribution in [0, 0.1) is 5.92 Å². The summed E-state index contributed by atoms with van der Waals surface area (Å²) in [6, 6.07) is 9.95. The summed E-state index contributed by atoms with van der Waals surface area (Å²) in [6.07, 6.45) is 2.19. The average molecular weight is 262 g/mol. The number of para-hydroxylation sites is 1. The molecule has 1 fully saturated rings. The second-order valence-corrected chi connectivity index (χ2v) is 5.26. The Bertz CT molecular complexity index is 406. The lowest BCUT2D eigenvalue weighted by molar-refractivity contribution is 0.122. The highest BCUT2D eigenvalue weighted by atomic mass is 16.5. The van der Waals surface area contributed by atoms with Crippen LogP contribution in [0.4, 0.5) is 4.79 Å². The molecule has 19 heavy (non-hydrogen) atoms. The Morgan fingerprint density at radius 2 is 2.11 bits per heavy atom. The number of urea groups is 1. The van der Waals surface area contributed by atoms with Crippen molar-refractivity contribution in [2.75, 3.05) is 33.8 Å². The first kappa shape index (κ1) is 13.7. The van der Waals surface area contributed by atoms with Gasteiger partial charge in [-0.3, -0.25) is 0 Å². The van der Waals surface area contributed by atoms with Crippen LogP contribution in [0.1, 0.15) is 12.8 Å². The van der Waals surface area contributed by atoms with E-state index >= 15 is 0 Å². The van der Waals surface area contributed by atoms with Gasteiger partial charge in [0, 0.05) is 33.1 Å². The van der Waals surface area contributed by atoms with Gasteiger partial charge in [0.1, 0.15) is 5.75 Å². The molecule has 2 rings (SSSR count). The van der Waals surface area contributed by atoms with E-state index in [-0.39, 0.29) is 6.03 Å². The van der Waals surface area contributed by atoms with Crippen molar-refractivity contribution in [2.45, 2.75) is 12.8 Å². The summed E-state index contributed by atoms with van der Waals surface area (Å²) < 4.78 is 5.78. The van der Waals surface area contributed by atoms with E-state index in [1.54, 1.807) is 19.0 Å². The number of hydrogen-bond donors (Lipinski definition) is 0. The van der Waals surface area contributed by atoms with Crippen LogP contribution < -0.4 is 4.74 Å². The van der Waals surface area contributed by atoms with E-state index in [4.69, 9.17) is 4.74 Å². The van der Waals surface area contributed by atoms with Crippen molar-refractivity contribution in [1.82, 2.24) is 9.80 Å². The topological polar surface area (TPSA) is 32.8 Å². The molecule has 4 nitrogen and oxygen atoms in total. The number of hydrogen-bond acceptors (Lipinski definition) is 2. The highest BCUT2D eigenvalue weighted by Crippen LogP contribution is 2.19. The van der Waals surface area contributed by atoms with E-state index in [1.165, 1.54) is 0 Å². The van der Waals surface area contributed by atoms with E-state index in [9.17, 15) is 4.79 Å². The van der Waals surface area contributed by atoms with Gasteiger partial charge in [-0.25, -0.2) is 4.79 Å². The zero-order valence-electron chi connectivity index (χ0n) is 11.7. The number of piperidine rings is 1. The molecule has 1 heterocycles. The van der Waals surface area contributed by atoms with Crippen molar-refractivity contribution in [2.24, 2.45) is 5.92 Å². The second-order valence-electron chi connectivity index (χ2n) is 5.26. The fourth-order valence-corrected chi connectivity index (χ4v) is 2.39. The maximum absolute atomic E-state index is 11.9. The van der Waals surface area contributed by atoms with Crippen LogP contribution in [-0.2, 0) is 0 Å². The molecular weight excluding hydrogens is 240 g/mol. The summed E-state index contributed by atoms with van der Waals surface area (Å²) in [5.41, 5.74) is 0. The van der Waals surface area contributed by atoms with Gasteiger partial charge in [-0.2, -0.15) is 0 Å². The summed E-state index contributed by atoms with van der Waals surface area (Å²) in [5.74, 6) is 1.33. The lowest BCUT2D eigenvalue weighted by atomic mass is 9.99. The molecule has 1 aromatic carbocycles. The maximum atomic E-state index is 11.9. The number of nitrogens with zero attached hydrogens (tertiary/aromatic N) is 2. The number of likely N-dealkylation sites (tertiary alicyclic amines) is 1. The van der Waals surface area contributed by atoms with E-state index in [0.717, 1.165) is 31.7 Å². The molecule has 0 N–H and O–H groups in total. The third kappa shape index (κ3) is 3.88. The molecule has 0 radical (unpaired) electrons. The SMILES string of the molecule is CN(C)C(=O)N1CCCC(COc2ccccc2)C1. The third-order valence-corrected chi connectivity index (χ3v) is 3.40. The van der Waals surface area contributed by atoms with Crippen molar-refractivity contribution < 1.29 is 9.53 Å². The molecule has 0 aliphatic carbocycles. The predicted molar refractivity (Wildman–Crippen MR) is 75.3 cm³/mol. The monoisotopic (exact) mass is 262 g/mol. The van der Waals surface area contributed by atoms with Crippen molar-refractivity contribution in [3.8, 4) is 5.75 Å². The van der Waals surface area contributed by atoms with E-state index < -0.39 is 0 Å². The summed E-state index contributed by atoms with van der Waals surface area (Å²) in [7, 11) is 3.60. The lowest BCUT2D eigenvalue weighted by Gasteiger charge is -2.34. The predicted octanol–water partition coefficient (Wildman–Crippen LogP) is 2.46. The first-order valence-electron chi connectivity index (χ1n) is 6.81. The highest BCUT2D eigenvalue weighted by molar-refractivity contribution is 5.73. The molecule has 4 heteroatoms. The van der Waals surface area contributed by atoms with Crippen LogP contribution >= 0.6 is 0 Å². The number of carbonyl (C=O) groups is 1. The van der Waals surface area contributed by atoms with Gasteiger partial charge in [-0.05, 0) is 25.0 Å². The minimum atomic E-state index is 0.101. The number of carbonyl (C=O) groups excluding carboxylic acids is 1. The van der Waals surface area contributed by atoms with Crippen LogP contribution in [-0.4, -0.2) is 49.6 Å². The molecule has 0 bridgehead atoms. The summed E-state index contributed by atoms with van der Waals surface area (Å²) in [4.78, 5) is 15.5. The largest absolute Gasteiger partial charge is 0.493 e. The molecule has 2 amide bonds. The Kier molecular flexibility index (Phi) is 4.66. The van der Waals surface area contributed by atoms with Crippen LogP contribution in [0.5, 0.6) is 5.75 Å². The van der Waals surface area contributed by atoms with E-state index in [2.05, 4.69) is 0 Å². The fraction of sp³-hybridized carbons (Fsp3) is 0.533. The van der Waals surface area contributed by atoms with Gasteiger partial charge in [0.15, 0.2) is 0 Å². The summed E-state index contributed by atoms with van der Waals surface area (Å²) in [5, 5.41) is 0. The van der Waals surface area contributed by atoms with E-state index in [0.29, 0.717) is 12.5 Å². The average Bonchev–Trinajstić information content (AvgIpc) is 2.45. The standard InChI is InChI=1S/C15H22N2O2/c1-16(2)15(18)17-10-6-7-13(11-17)12-19-14-8-4-3-5-9-14/h3-5,8-9,13H,6-7,10-12H2,1-2H3. The Hall–Kier alpha value is -1.71. The van der Waals surface area contributed by atoms with Gasteiger partial charge < -0.3 is 14.5 Å². The maximum Gasteiger partial charge on any atom is 0.319 e. The summed E-state index contributed by atoms with van der Waals surface area (Å²) >= 11 is 0. The van der Waals surface area contributed by atoms with Crippen molar-refractivity contribution in [3.63, 3.8) is 0 Å². The Balaban J connectivity index is 1.83. The molecule has 1 aromatic rings. The van der Waals surface area contributed by atoms with Gasteiger partial charge >= 0.3 is 6.03 Å². The van der Waals surface area contributed by atoms with Gasteiger partial charge in [0.2, 0.25) is 0 Å². The lowest BCUT2D eigenvalue weighted by Crippen LogP contribution is -2.46. The van der Waals surface area contributed by atoms with E-state index in [1.807, 2.05) is 35.2 Å². The molecule has 0 spiro atoms. The molecule has 104 valence electrons. The minimum Gasteiger partial charge on any atom is -0.493 e. The smallest absolute Gasteiger partial charge is 0.319 e. The van der Waals surface area contributed by atoms with Crippen molar-refractivity contribution in [1.29, 1.82) is 0 Å². The minimum absolute atomic E-state index is 0.101. The zero-order chi connectivity index (χ0) is 13.7. The van der Waals surface area contributed by atoms with Gasteiger partial charge in [-0.15, -0.1) is 0 Å². The molecule has 1 atom stereocenters. The number of rotatable bonds is 3. The Labute approximate surface area is 115 Å². The third-order valence-electron chi connectivity index (χ3n) is 3.40. The van der Waals surface area contributed by atoms with Crippen LogP contribution in [0.25, 0.3) is 0 Å². The Morgan fingerprint density at radius 1 is 1.37 bits per heavy atom. The van der Waals surface area contributed by atoms with Crippen LogP contribution in [0.2, 0.25) is 0 Å². The zero-order valence-corrected chi connectivity index (χ0v) is 11.7. The van der Waals surface area contributed by atoms with Gasteiger partial charge in [0.05, 0.1) is 6.61 Å². The molecule has 1 unspecified atom stereocenters. The first-order chi connectivity index (χ1) is 9.16. The summed E-state index contributed by atoms with van der Waals surface area (Å²) in [6.45, 7) is 2.34. The van der Waals surface area contributed by atoms with Crippen molar-refractivity contribution >= 4 is 6.03 Å². The van der Waals surface area contributed by atoms with Crippen molar-refractivity contribution in [3.05, 3.63) is 30.3 Å². The molecule has 1 aliphatic heterocycles. The highest BCUT2D eigenvalue weighted by Gasteiger charge is 2.24. The molecule has 1 saturated heterocycles. The second kappa shape index (κ2) is 6.45. The Morgan fingerprint density at radius 3 is 2.79 bits per heavy atom. The first-order valence-corrected chi connectivity index (χ1v) is 6.81. The number of amides is 2. The number of benzene rings is 1. The number of ether oxygens (including phenoxy) is 1. The molecule has 0 saturated carbocycles. The van der Waals surface area contributed by atoms with Gasteiger partial charge in [-0.1, -0.05) is 18.2 Å². The normalized spacial score (nSPS) is 19.1. The quantitative estimate of drug-likeness (QED) is 0.838.